The fraction of sp³-hybridized carbons (Fsp3) is 0.227. The molecule has 2 heterocycles. The monoisotopic (exact) mass is 419 g/mol. The maximum absolute atomic E-state index is 13.0. The normalized spacial score (nSPS) is 11.2. The molecular formula is C22H21N5O2S. The van der Waals surface area contributed by atoms with E-state index in [0.29, 0.717) is 21.8 Å². The Morgan fingerprint density at radius 1 is 1.03 bits per heavy atom. The van der Waals surface area contributed by atoms with Crippen LogP contribution in [0, 0.1) is 5.92 Å². The highest BCUT2D eigenvalue weighted by Crippen LogP contribution is 2.20. The van der Waals surface area contributed by atoms with Crippen LogP contribution in [0.3, 0.4) is 0 Å². The fourth-order valence-electron chi connectivity index (χ4n) is 3.16. The third-order valence-corrected chi connectivity index (χ3v) is 5.39. The molecule has 152 valence electrons. The van der Waals surface area contributed by atoms with Gasteiger partial charge in [-0.1, -0.05) is 73.7 Å². The van der Waals surface area contributed by atoms with E-state index in [1.165, 1.54) is 16.0 Å². The topological polar surface area (TPSA) is 89.8 Å². The number of aromatic nitrogens is 4. The average Bonchev–Trinajstić information content (AvgIpc) is 3.16. The van der Waals surface area contributed by atoms with Crippen LogP contribution >= 0.6 is 11.3 Å². The standard InChI is InChI=1S/C22H21N5O2S/c1-14(2)12-18-24-25-22(30-18)23-20(28)19-16-10-6-7-11-17(16)21(29)27(26-19)13-15-8-4-3-5-9-15/h3-11,14H,12-13H2,1-2H3,(H,23,25,28). The summed E-state index contributed by atoms with van der Waals surface area (Å²) in [6.45, 7) is 4.49. The molecule has 30 heavy (non-hydrogen) atoms. The third kappa shape index (κ3) is 4.28. The van der Waals surface area contributed by atoms with E-state index in [9.17, 15) is 9.59 Å². The Morgan fingerprint density at radius 3 is 2.47 bits per heavy atom. The van der Waals surface area contributed by atoms with Crippen LogP contribution in [0.4, 0.5) is 5.13 Å². The highest BCUT2D eigenvalue weighted by atomic mass is 32.1. The van der Waals surface area contributed by atoms with Crippen LogP contribution in [0.5, 0.6) is 0 Å². The maximum Gasteiger partial charge on any atom is 0.278 e. The van der Waals surface area contributed by atoms with Crippen LogP contribution in [0.25, 0.3) is 10.8 Å². The zero-order valence-corrected chi connectivity index (χ0v) is 17.5. The quantitative estimate of drug-likeness (QED) is 0.514. The first-order chi connectivity index (χ1) is 14.5. The molecule has 1 N–H and O–H groups in total. The molecule has 0 aliphatic rings. The number of rotatable bonds is 6. The summed E-state index contributed by atoms with van der Waals surface area (Å²) in [6.07, 6.45) is 0.802. The van der Waals surface area contributed by atoms with Gasteiger partial charge in [-0.15, -0.1) is 10.2 Å². The van der Waals surface area contributed by atoms with E-state index >= 15 is 0 Å². The summed E-state index contributed by atoms with van der Waals surface area (Å²) in [6, 6.07) is 16.6. The lowest BCUT2D eigenvalue weighted by Gasteiger charge is -2.10. The van der Waals surface area contributed by atoms with E-state index in [0.717, 1.165) is 17.0 Å². The number of nitrogens with one attached hydrogen (secondary N) is 1. The predicted octanol–water partition coefficient (Wildman–Crippen LogP) is 3.75. The first kappa shape index (κ1) is 19.9. The molecule has 2 aromatic heterocycles. The summed E-state index contributed by atoms with van der Waals surface area (Å²) in [5, 5.41) is 17.6. The van der Waals surface area contributed by atoms with Crippen LogP contribution < -0.4 is 10.9 Å². The smallest absolute Gasteiger partial charge is 0.278 e. The molecule has 4 aromatic rings. The van der Waals surface area contributed by atoms with Gasteiger partial charge in [-0.05, 0) is 17.5 Å². The second-order valence-corrected chi connectivity index (χ2v) is 8.46. The van der Waals surface area contributed by atoms with Gasteiger partial charge in [-0.25, -0.2) is 4.68 Å². The van der Waals surface area contributed by atoms with E-state index in [1.54, 1.807) is 24.3 Å². The Morgan fingerprint density at radius 2 is 1.73 bits per heavy atom. The van der Waals surface area contributed by atoms with Crippen LogP contribution in [0.2, 0.25) is 0 Å². The summed E-state index contributed by atoms with van der Waals surface area (Å²) in [4.78, 5) is 25.9. The SMILES string of the molecule is CC(C)Cc1nnc(NC(=O)c2nn(Cc3ccccc3)c(=O)c3ccccc23)s1. The van der Waals surface area contributed by atoms with Crippen LogP contribution in [0.15, 0.2) is 59.4 Å². The summed E-state index contributed by atoms with van der Waals surface area (Å²) in [5.74, 6) is 0.0360. The highest BCUT2D eigenvalue weighted by molar-refractivity contribution is 7.15. The molecule has 4 rings (SSSR count). The van der Waals surface area contributed by atoms with Gasteiger partial charge in [-0.2, -0.15) is 5.10 Å². The summed E-state index contributed by atoms with van der Waals surface area (Å²) in [5.41, 5.74) is 0.874. The number of hydrogen-bond donors (Lipinski definition) is 1. The molecule has 0 saturated carbocycles. The molecule has 0 radical (unpaired) electrons. The second kappa shape index (κ2) is 8.54. The molecule has 7 nitrogen and oxygen atoms in total. The van der Waals surface area contributed by atoms with Gasteiger partial charge in [0.15, 0.2) is 5.69 Å². The number of carbonyl (C=O) groups is 1. The Labute approximate surface area is 177 Å². The second-order valence-electron chi connectivity index (χ2n) is 7.40. The number of hydrogen-bond acceptors (Lipinski definition) is 6. The molecule has 0 spiro atoms. The number of benzene rings is 2. The average molecular weight is 420 g/mol. The van der Waals surface area contributed by atoms with Crippen molar-refractivity contribution in [2.75, 3.05) is 5.32 Å². The van der Waals surface area contributed by atoms with Crippen molar-refractivity contribution in [2.24, 2.45) is 5.92 Å². The van der Waals surface area contributed by atoms with E-state index in [2.05, 4.69) is 34.5 Å². The van der Waals surface area contributed by atoms with Crippen molar-refractivity contribution in [2.45, 2.75) is 26.8 Å². The van der Waals surface area contributed by atoms with Gasteiger partial charge >= 0.3 is 0 Å². The minimum Gasteiger partial charge on any atom is -0.295 e. The fourth-order valence-corrected chi connectivity index (χ4v) is 4.11. The number of anilines is 1. The van der Waals surface area contributed by atoms with Crippen molar-refractivity contribution in [1.29, 1.82) is 0 Å². The lowest BCUT2D eigenvalue weighted by Crippen LogP contribution is -2.28. The third-order valence-electron chi connectivity index (χ3n) is 4.53. The van der Waals surface area contributed by atoms with Gasteiger partial charge in [0, 0.05) is 11.8 Å². The molecular weight excluding hydrogens is 398 g/mol. The first-order valence-corrected chi connectivity index (χ1v) is 10.5. The Bertz CT molecular complexity index is 1250. The van der Waals surface area contributed by atoms with Gasteiger partial charge in [0.05, 0.1) is 11.9 Å². The molecule has 8 heteroatoms. The molecule has 0 aliphatic carbocycles. The largest absolute Gasteiger partial charge is 0.295 e. The molecule has 0 fully saturated rings. The Hall–Kier alpha value is -3.39. The van der Waals surface area contributed by atoms with Crippen molar-refractivity contribution < 1.29 is 4.79 Å². The zero-order chi connectivity index (χ0) is 21.1. The van der Waals surface area contributed by atoms with Crippen molar-refractivity contribution in [3.8, 4) is 0 Å². The summed E-state index contributed by atoms with van der Waals surface area (Å²) < 4.78 is 1.33. The van der Waals surface area contributed by atoms with E-state index < -0.39 is 5.91 Å². The van der Waals surface area contributed by atoms with Crippen molar-refractivity contribution >= 4 is 33.1 Å². The molecule has 0 atom stereocenters. The summed E-state index contributed by atoms with van der Waals surface area (Å²) in [7, 11) is 0. The zero-order valence-electron chi connectivity index (χ0n) is 16.7. The van der Waals surface area contributed by atoms with E-state index in [4.69, 9.17) is 0 Å². The molecule has 0 unspecified atom stereocenters. The van der Waals surface area contributed by atoms with E-state index in [1.807, 2.05) is 30.3 Å². The highest BCUT2D eigenvalue weighted by Gasteiger charge is 2.18. The molecule has 0 saturated heterocycles. The number of nitrogens with zero attached hydrogens (tertiary/aromatic N) is 4. The Balaban J connectivity index is 1.70. The minimum atomic E-state index is -0.416. The van der Waals surface area contributed by atoms with Crippen LogP contribution in [0.1, 0.15) is 34.9 Å². The maximum atomic E-state index is 13.0. The lowest BCUT2D eigenvalue weighted by atomic mass is 10.1. The van der Waals surface area contributed by atoms with Crippen molar-refractivity contribution in [3.63, 3.8) is 0 Å². The van der Waals surface area contributed by atoms with Gasteiger partial charge in [-0.3, -0.25) is 14.9 Å². The van der Waals surface area contributed by atoms with Gasteiger partial charge < -0.3 is 0 Å². The molecule has 0 bridgehead atoms. The van der Waals surface area contributed by atoms with Crippen LogP contribution in [-0.4, -0.2) is 25.9 Å². The van der Waals surface area contributed by atoms with E-state index in [-0.39, 0.29) is 17.8 Å². The number of amides is 1. The van der Waals surface area contributed by atoms with Gasteiger partial charge in [0.2, 0.25) is 5.13 Å². The van der Waals surface area contributed by atoms with Crippen LogP contribution in [-0.2, 0) is 13.0 Å². The first-order valence-electron chi connectivity index (χ1n) is 9.69. The van der Waals surface area contributed by atoms with Crippen molar-refractivity contribution in [1.82, 2.24) is 20.0 Å². The summed E-state index contributed by atoms with van der Waals surface area (Å²) >= 11 is 1.35. The molecule has 1 amide bonds. The van der Waals surface area contributed by atoms with Crippen molar-refractivity contribution in [3.05, 3.63) is 81.2 Å². The lowest BCUT2D eigenvalue weighted by molar-refractivity contribution is 0.102. The predicted molar refractivity (Wildman–Crippen MR) is 118 cm³/mol. The van der Waals surface area contributed by atoms with Gasteiger partial charge in [0.25, 0.3) is 11.5 Å². The number of carbonyl (C=O) groups excluding carboxylic acids is 1. The molecule has 2 aromatic carbocycles. The number of fused-ring (bicyclic) bond motifs is 1. The van der Waals surface area contributed by atoms with Gasteiger partial charge in [0.1, 0.15) is 5.01 Å². The Kier molecular flexibility index (Phi) is 5.67. The minimum absolute atomic E-state index is 0.182. The molecule has 0 aliphatic heterocycles.